The molecule has 0 radical (unpaired) electrons. The molecule has 20 heavy (non-hydrogen) atoms. The predicted octanol–water partition coefficient (Wildman–Crippen LogP) is 1.80. The number of hydrogen-bond donors (Lipinski definition) is 1. The van der Waals surface area contributed by atoms with Crippen molar-refractivity contribution < 1.29 is 18.3 Å². The van der Waals surface area contributed by atoms with Crippen LogP contribution in [0.5, 0.6) is 0 Å². The largest absolute Gasteiger partial charge is 0.437 e. The number of halogens is 2. The Balaban J connectivity index is 2.21. The fourth-order valence-corrected chi connectivity index (χ4v) is 1.81. The van der Waals surface area contributed by atoms with Crippen LogP contribution in [0.2, 0.25) is 0 Å². The normalized spacial score (nSPS) is 12.6. The highest BCUT2D eigenvalue weighted by Crippen LogP contribution is 2.19. The molecule has 0 saturated carbocycles. The summed E-state index contributed by atoms with van der Waals surface area (Å²) in [6.07, 6.45) is -0.142. The lowest BCUT2D eigenvalue weighted by Crippen LogP contribution is -2.21. The molecule has 2 rings (SSSR count). The second-order valence-electron chi connectivity index (χ2n) is 4.38. The van der Waals surface area contributed by atoms with Gasteiger partial charge in [0.1, 0.15) is 17.7 Å². The van der Waals surface area contributed by atoms with Gasteiger partial charge in [-0.3, -0.25) is 0 Å². The molecule has 7 heteroatoms. The second kappa shape index (κ2) is 5.96. The molecule has 0 saturated heterocycles. The first-order valence-electron chi connectivity index (χ1n) is 6.21. The van der Waals surface area contributed by atoms with E-state index >= 15 is 0 Å². The van der Waals surface area contributed by atoms with E-state index < -0.39 is 23.5 Å². The van der Waals surface area contributed by atoms with Crippen LogP contribution in [-0.4, -0.2) is 14.9 Å². The number of rotatable bonds is 5. The first-order valence-corrected chi connectivity index (χ1v) is 6.21. The Hall–Kier alpha value is -2.02. The maximum absolute atomic E-state index is 13.5. The molecule has 1 N–H and O–H groups in total. The number of aliphatic hydroxyl groups is 1. The minimum atomic E-state index is -1.39. The highest BCUT2D eigenvalue weighted by molar-refractivity contribution is 5.20. The van der Waals surface area contributed by atoms with Crippen molar-refractivity contribution in [2.45, 2.75) is 32.4 Å². The summed E-state index contributed by atoms with van der Waals surface area (Å²) in [4.78, 5) is 11.5. The van der Waals surface area contributed by atoms with Gasteiger partial charge in [-0.15, -0.1) is 5.10 Å². The lowest BCUT2D eigenvalue weighted by molar-refractivity contribution is 0.144. The Labute approximate surface area is 113 Å². The van der Waals surface area contributed by atoms with Crippen LogP contribution in [0.25, 0.3) is 0 Å². The molecule has 0 aliphatic carbocycles. The van der Waals surface area contributed by atoms with Gasteiger partial charge in [-0.25, -0.2) is 13.6 Å². The number of hydrogen-bond acceptors (Lipinski definition) is 4. The van der Waals surface area contributed by atoms with Crippen LogP contribution in [0.3, 0.4) is 0 Å². The van der Waals surface area contributed by atoms with Crippen molar-refractivity contribution in [3.05, 3.63) is 51.8 Å². The standard InChI is InChI=1S/C13H14F2N2O3/c1-2-3-12-16-17(13(19)20-12)7-11(18)9-6-8(14)4-5-10(9)15/h4-6,11,18H,2-3,7H2,1H3. The minimum absolute atomic E-state index is 0.225. The van der Waals surface area contributed by atoms with E-state index in [0.29, 0.717) is 6.42 Å². The van der Waals surface area contributed by atoms with Crippen LogP contribution in [0.1, 0.15) is 30.9 Å². The third-order valence-electron chi connectivity index (χ3n) is 2.77. The molecular formula is C13H14F2N2O3. The lowest BCUT2D eigenvalue weighted by atomic mass is 10.1. The van der Waals surface area contributed by atoms with E-state index in [1.54, 1.807) is 0 Å². The highest BCUT2D eigenvalue weighted by Gasteiger charge is 2.17. The summed E-state index contributed by atoms with van der Waals surface area (Å²) in [5, 5.41) is 13.8. The number of aliphatic hydroxyl groups excluding tert-OH is 1. The second-order valence-corrected chi connectivity index (χ2v) is 4.38. The third kappa shape index (κ3) is 3.11. The highest BCUT2D eigenvalue weighted by atomic mass is 19.1. The average Bonchev–Trinajstić information content (AvgIpc) is 2.73. The van der Waals surface area contributed by atoms with Gasteiger partial charge in [-0.2, -0.15) is 4.68 Å². The van der Waals surface area contributed by atoms with E-state index in [4.69, 9.17) is 4.42 Å². The summed E-state index contributed by atoms with van der Waals surface area (Å²) >= 11 is 0. The first-order chi connectivity index (χ1) is 9.51. The van der Waals surface area contributed by atoms with Crippen molar-refractivity contribution in [3.8, 4) is 0 Å². The SMILES string of the molecule is CCCc1nn(CC(O)c2cc(F)ccc2F)c(=O)o1. The van der Waals surface area contributed by atoms with Gasteiger partial charge in [-0.05, 0) is 24.6 Å². The molecule has 5 nitrogen and oxygen atoms in total. The molecule has 1 heterocycles. The average molecular weight is 284 g/mol. The van der Waals surface area contributed by atoms with E-state index in [-0.39, 0.29) is 18.0 Å². The van der Waals surface area contributed by atoms with Crippen molar-refractivity contribution in [3.63, 3.8) is 0 Å². The van der Waals surface area contributed by atoms with Crippen LogP contribution in [0.4, 0.5) is 8.78 Å². The molecule has 0 fully saturated rings. The van der Waals surface area contributed by atoms with Crippen LogP contribution >= 0.6 is 0 Å². The molecule has 108 valence electrons. The van der Waals surface area contributed by atoms with Crippen molar-refractivity contribution in [1.82, 2.24) is 9.78 Å². The van der Waals surface area contributed by atoms with E-state index in [1.807, 2.05) is 6.92 Å². The summed E-state index contributed by atoms with van der Waals surface area (Å²) in [5.41, 5.74) is -0.225. The zero-order valence-electron chi connectivity index (χ0n) is 10.8. The quantitative estimate of drug-likeness (QED) is 0.909. The first kappa shape index (κ1) is 14.4. The Morgan fingerprint density at radius 2 is 2.20 bits per heavy atom. The molecule has 0 aliphatic rings. The topological polar surface area (TPSA) is 68.3 Å². The van der Waals surface area contributed by atoms with Gasteiger partial charge < -0.3 is 9.52 Å². The Morgan fingerprint density at radius 1 is 1.45 bits per heavy atom. The molecule has 1 aromatic heterocycles. The maximum atomic E-state index is 13.5. The monoisotopic (exact) mass is 284 g/mol. The maximum Gasteiger partial charge on any atom is 0.437 e. The van der Waals surface area contributed by atoms with Crippen LogP contribution in [0, 0.1) is 11.6 Å². The Morgan fingerprint density at radius 3 is 2.90 bits per heavy atom. The zero-order valence-corrected chi connectivity index (χ0v) is 10.8. The molecule has 0 spiro atoms. The van der Waals surface area contributed by atoms with E-state index in [0.717, 1.165) is 29.3 Å². The summed E-state index contributed by atoms with van der Waals surface area (Å²) in [6, 6.07) is 2.76. The smallest absolute Gasteiger partial charge is 0.392 e. The van der Waals surface area contributed by atoms with Crippen LogP contribution in [-0.2, 0) is 13.0 Å². The molecule has 1 unspecified atom stereocenters. The van der Waals surface area contributed by atoms with Crippen molar-refractivity contribution in [2.24, 2.45) is 0 Å². The fraction of sp³-hybridized carbons (Fsp3) is 0.385. The molecule has 1 atom stereocenters. The summed E-state index contributed by atoms with van der Waals surface area (Å²) < 4.78 is 32.3. The van der Waals surface area contributed by atoms with Gasteiger partial charge in [0.25, 0.3) is 0 Å². The molecule has 0 bridgehead atoms. The number of benzene rings is 1. The van der Waals surface area contributed by atoms with Gasteiger partial charge in [-0.1, -0.05) is 6.92 Å². The molecule has 2 aromatic rings. The predicted molar refractivity (Wildman–Crippen MR) is 66.1 cm³/mol. The van der Waals surface area contributed by atoms with Gasteiger partial charge in [0, 0.05) is 12.0 Å². The number of nitrogens with zero attached hydrogens (tertiary/aromatic N) is 2. The Kier molecular flexibility index (Phi) is 4.29. The van der Waals surface area contributed by atoms with Gasteiger partial charge in [0.05, 0.1) is 6.54 Å². The van der Waals surface area contributed by atoms with Gasteiger partial charge in [0.2, 0.25) is 5.89 Å². The fourth-order valence-electron chi connectivity index (χ4n) is 1.81. The third-order valence-corrected chi connectivity index (χ3v) is 2.77. The number of aryl methyl sites for hydroxylation is 1. The summed E-state index contributed by atoms with van der Waals surface area (Å²) in [7, 11) is 0. The minimum Gasteiger partial charge on any atom is -0.392 e. The summed E-state index contributed by atoms with van der Waals surface area (Å²) in [5.74, 6) is -1.89. The van der Waals surface area contributed by atoms with E-state index in [1.165, 1.54) is 0 Å². The molecule has 0 amide bonds. The summed E-state index contributed by atoms with van der Waals surface area (Å²) in [6.45, 7) is 1.60. The van der Waals surface area contributed by atoms with E-state index in [9.17, 15) is 18.7 Å². The van der Waals surface area contributed by atoms with Crippen molar-refractivity contribution in [1.29, 1.82) is 0 Å². The van der Waals surface area contributed by atoms with Crippen molar-refractivity contribution in [2.75, 3.05) is 0 Å². The Bertz CT molecular complexity index is 651. The van der Waals surface area contributed by atoms with Crippen LogP contribution in [0.15, 0.2) is 27.4 Å². The van der Waals surface area contributed by atoms with Crippen LogP contribution < -0.4 is 5.76 Å². The lowest BCUT2D eigenvalue weighted by Gasteiger charge is -2.10. The molecule has 1 aromatic carbocycles. The van der Waals surface area contributed by atoms with E-state index in [2.05, 4.69) is 5.10 Å². The molecular weight excluding hydrogens is 270 g/mol. The van der Waals surface area contributed by atoms with Crippen molar-refractivity contribution >= 4 is 0 Å². The number of aromatic nitrogens is 2. The molecule has 0 aliphatic heterocycles. The van der Waals surface area contributed by atoms with Gasteiger partial charge in [0.15, 0.2) is 0 Å². The van der Waals surface area contributed by atoms with Gasteiger partial charge >= 0.3 is 5.76 Å². The zero-order chi connectivity index (χ0) is 14.7.